The van der Waals surface area contributed by atoms with Crippen LogP contribution in [0.5, 0.6) is 11.5 Å². The number of hydrogen-bond acceptors (Lipinski definition) is 6. The minimum Gasteiger partial charge on any atom is -0.493 e. The topological polar surface area (TPSA) is 61.5 Å². The molecule has 0 radical (unpaired) electrons. The molecule has 1 heterocycles. The quantitative estimate of drug-likeness (QED) is 0.381. The van der Waals surface area contributed by atoms with E-state index in [0.29, 0.717) is 38.3 Å². The number of ether oxygens (including phenoxy) is 2. The van der Waals surface area contributed by atoms with Crippen LogP contribution >= 0.6 is 35.0 Å². The van der Waals surface area contributed by atoms with Gasteiger partial charge in [-0.25, -0.2) is 0 Å². The van der Waals surface area contributed by atoms with Crippen LogP contribution in [0.1, 0.15) is 17.0 Å². The Morgan fingerprint density at radius 2 is 1.96 bits per heavy atom. The van der Waals surface area contributed by atoms with Gasteiger partial charge in [0.2, 0.25) is 5.16 Å². The molecule has 2 aromatic carbocycles. The van der Waals surface area contributed by atoms with Crippen LogP contribution in [0.25, 0.3) is 0 Å². The zero-order chi connectivity index (χ0) is 20.1. The Balaban J connectivity index is 1.83. The van der Waals surface area contributed by atoms with Crippen LogP contribution in [0.15, 0.2) is 46.7 Å². The molecule has 0 aliphatic heterocycles. The molecule has 0 fully saturated rings. The maximum atomic E-state index is 6.25. The fraction of sp³-hybridized carbons (Fsp3) is 0.211. The first-order chi connectivity index (χ1) is 13.5. The summed E-state index contributed by atoms with van der Waals surface area (Å²) in [5.74, 6) is 2.54. The van der Waals surface area contributed by atoms with Gasteiger partial charge in [0.1, 0.15) is 0 Å². The van der Waals surface area contributed by atoms with Crippen molar-refractivity contribution in [3.63, 3.8) is 0 Å². The van der Waals surface area contributed by atoms with Crippen molar-refractivity contribution in [3.05, 3.63) is 63.4 Å². The lowest BCUT2D eigenvalue weighted by atomic mass is 10.2. The predicted molar refractivity (Wildman–Crippen MR) is 113 cm³/mol. The number of methoxy groups -OCH3 is 2. The largest absolute Gasteiger partial charge is 0.493 e. The Bertz CT molecular complexity index is 1010. The molecule has 0 bridgehead atoms. The van der Waals surface area contributed by atoms with Crippen LogP contribution in [-0.2, 0) is 5.75 Å². The van der Waals surface area contributed by atoms with Gasteiger partial charge >= 0.3 is 0 Å². The van der Waals surface area contributed by atoms with Gasteiger partial charge in [0.25, 0.3) is 0 Å². The molecule has 0 N–H and O–H groups in total. The third-order valence-corrected chi connectivity index (χ3v) is 5.44. The summed E-state index contributed by atoms with van der Waals surface area (Å²) in [6.07, 6.45) is 1.69. The van der Waals surface area contributed by atoms with E-state index in [-0.39, 0.29) is 0 Å². The maximum Gasteiger partial charge on any atom is 0.212 e. The molecule has 9 heteroatoms. The number of halogens is 2. The summed E-state index contributed by atoms with van der Waals surface area (Å²) in [4.78, 5) is 0. The van der Waals surface area contributed by atoms with Gasteiger partial charge in [0, 0.05) is 21.4 Å². The van der Waals surface area contributed by atoms with E-state index in [9.17, 15) is 0 Å². The summed E-state index contributed by atoms with van der Waals surface area (Å²) in [7, 11) is 3.19. The second-order valence-electron chi connectivity index (χ2n) is 5.69. The van der Waals surface area contributed by atoms with Crippen molar-refractivity contribution in [2.75, 3.05) is 14.2 Å². The number of aromatic nitrogens is 3. The normalized spacial score (nSPS) is 11.2. The van der Waals surface area contributed by atoms with Gasteiger partial charge in [-0.15, -0.1) is 10.2 Å². The first-order valence-electron chi connectivity index (χ1n) is 8.27. The van der Waals surface area contributed by atoms with Crippen molar-refractivity contribution >= 4 is 41.2 Å². The van der Waals surface area contributed by atoms with Crippen LogP contribution < -0.4 is 9.47 Å². The van der Waals surface area contributed by atoms with Crippen LogP contribution in [0.4, 0.5) is 0 Å². The van der Waals surface area contributed by atoms with E-state index in [0.717, 1.165) is 11.1 Å². The zero-order valence-corrected chi connectivity index (χ0v) is 17.8. The highest BCUT2D eigenvalue weighted by Crippen LogP contribution is 2.30. The van der Waals surface area contributed by atoms with E-state index in [1.54, 1.807) is 31.2 Å². The molecule has 6 nitrogen and oxygen atoms in total. The Morgan fingerprint density at radius 3 is 2.68 bits per heavy atom. The van der Waals surface area contributed by atoms with Gasteiger partial charge < -0.3 is 9.47 Å². The minimum atomic E-state index is 0.606. The lowest BCUT2D eigenvalue weighted by Crippen LogP contribution is -1.99. The molecule has 0 saturated carbocycles. The highest BCUT2D eigenvalue weighted by molar-refractivity contribution is 7.98. The van der Waals surface area contributed by atoms with E-state index in [1.165, 1.54) is 11.8 Å². The fourth-order valence-electron chi connectivity index (χ4n) is 2.48. The highest BCUT2D eigenvalue weighted by Gasteiger charge is 2.12. The van der Waals surface area contributed by atoms with E-state index in [1.807, 2.05) is 37.3 Å². The van der Waals surface area contributed by atoms with Crippen LogP contribution in [-0.4, -0.2) is 35.3 Å². The van der Waals surface area contributed by atoms with Crippen LogP contribution in [0.3, 0.4) is 0 Å². The Kier molecular flexibility index (Phi) is 6.83. The molecule has 0 amide bonds. The number of rotatable bonds is 7. The average Bonchev–Trinajstić information content (AvgIpc) is 3.04. The number of benzene rings is 2. The molecule has 28 heavy (non-hydrogen) atoms. The number of nitrogens with zero attached hydrogens (tertiary/aromatic N) is 4. The monoisotopic (exact) mass is 436 g/mol. The van der Waals surface area contributed by atoms with Crippen molar-refractivity contribution in [2.24, 2.45) is 5.10 Å². The average molecular weight is 437 g/mol. The first-order valence-corrected chi connectivity index (χ1v) is 10.0. The molecule has 0 spiro atoms. The van der Waals surface area contributed by atoms with Gasteiger partial charge in [-0.1, -0.05) is 47.1 Å². The molecular weight excluding hydrogens is 419 g/mol. The molecule has 0 saturated heterocycles. The molecular formula is C19H18Cl2N4O2S. The van der Waals surface area contributed by atoms with Gasteiger partial charge in [-0.3, -0.25) is 0 Å². The van der Waals surface area contributed by atoms with E-state index in [4.69, 9.17) is 32.7 Å². The number of para-hydroxylation sites is 1. The maximum absolute atomic E-state index is 6.25. The van der Waals surface area contributed by atoms with Gasteiger partial charge in [0.05, 0.1) is 20.4 Å². The lowest BCUT2D eigenvalue weighted by molar-refractivity contribution is 0.354. The standard InChI is InChI=1S/C19H18Cl2N4O2S/c1-12-23-24-19(28-11-14-7-8-15(20)9-16(14)21)25(12)22-10-13-5-4-6-17(26-2)18(13)27-3/h4-10H,11H2,1-3H3/b22-10+. The lowest BCUT2D eigenvalue weighted by Gasteiger charge is -2.09. The predicted octanol–water partition coefficient (Wildman–Crippen LogP) is 5.09. The molecule has 0 unspecified atom stereocenters. The number of aryl methyl sites for hydroxylation is 1. The van der Waals surface area contributed by atoms with Gasteiger partial charge in [-0.2, -0.15) is 9.78 Å². The molecule has 1 aromatic heterocycles. The van der Waals surface area contributed by atoms with E-state index >= 15 is 0 Å². The number of hydrogen-bond donors (Lipinski definition) is 0. The first kappa shape index (κ1) is 20.5. The summed E-state index contributed by atoms with van der Waals surface area (Å²) in [6, 6.07) is 11.0. The van der Waals surface area contributed by atoms with Crippen molar-refractivity contribution in [3.8, 4) is 11.5 Å². The molecule has 146 valence electrons. The third-order valence-electron chi connectivity index (χ3n) is 3.89. The molecule has 3 aromatic rings. The van der Waals surface area contributed by atoms with Crippen molar-refractivity contribution < 1.29 is 9.47 Å². The molecule has 0 atom stereocenters. The SMILES string of the molecule is COc1cccc(/C=N/n2c(C)nnc2SCc2ccc(Cl)cc2Cl)c1OC. The van der Waals surface area contributed by atoms with E-state index < -0.39 is 0 Å². The number of thioether (sulfide) groups is 1. The summed E-state index contributed by atoms with van der Waals surface area (Å²) in [5, 5.41) is 14.7. The van der Waals surface area contributed by atoms with Gasteiger partial charge in [0.15, 0.2) is 17.3 Å². The summed E-state index contributed by atoms with van der Waals surface area (Å²) >= 11 is 13.7. The van der Waals surface area contributed by atoms with Crippen LogP contribution in [0, 0.1) is 6.92 Å². The Labute approximate surface area is 177 Å². The fourth-order valence-corrected chi connectivity index (χ4v) is 3.97. The molecule has 0 aliphatic carbocycles. The summed E-state index contributed by atoms with van der Waals surface area (Å²) in [5.41, 5.74) is 1.74. The van der Waals surface area contributed by atoms with Crippen molar-refractivity contribution in [2.45, 2.75) is 17.8 Å². The highest BCUT2D eigenvalue weighted by atomic mass is 35.5. The minimum absolute atomic E-state index is 0.606. The second-order valence-corrected chi connectivity index (χ2v) is 7.48. The van der Waals surface area contributed by atoms with Crippen molar-refractivity contribution in [1.29, 1.82) is 0 Å². The van der Waals surface area contributed by atoms with Crippen molar-refractivity contribution in [1.82, 2.24) is 14.9 Å². The van der Waals surface area contributed by atoms with Gasteiger partial charge in [-0.05, 0) is 36.8 Å². The summed E-state index contributed by atoms with van der Waals surface area (Å²) < 4.78 is 12.4. The molecule has 3 rings (SSSR count). The third kappa shape index (κ3) is 4.60. The second kappa shape index (κ2) is 9.32. The summed E-state index contributed by atoms with van der Waals surface area (Å²) in [6.45, 7) is 1.84. The Morgan fingerprint density at radius 1 is 1.14 bits per heavy atom. The smallest absolute Gasteiger partial charge is 0.212 e. The Hall–Kier alpha value is -2.22. The van der Waals surface area contributed by atoms with E-state index in [2.05, 4.69) is 15.3 Å². The molecule has 0 aliphatic rings. The van der Waals surface area contributed by atoms with Crippen LogP contribution in [0.2, 0.25) is 10.0 Å². The zero-order valence-electron chi connectivity index (χ0n) is 15.5.